The second-order valence-electron chi connectivity index (χ2n) is 8.16. The van der Waals surface area contributed by atoms with Crippen LogP contribution < -0.4 is 10.1 Å². The van der Waals surface area contributed by atoms with Crippen LogP contribution in [-0.4, -0.2) is 42.8 Å². The number of nitrogens with one attached hydrogen (secondary N) is 1. The molecule has 0 aromatic heterocycles. The summed E-state index contributed by atoms with van der Waals surface area (Å²) in [5.74, 6) is 1.32. The van der Waals surface area contributed by atoms with Crippen molar-refractivity contribution in [1.82, 2.24) is 4.90 Å². The molecule has 1 N–H and O–H groups in total. The summed E-state index contributed by atoms with van der Waals surface area (Å²) in [5, 5.41) is 2.86. The number of methoxy groups -OCH3 is 1. The largest absolute Gasteiger partial charge is 0.495 e. The zero-order chi connectivity index (χ0) is 18.7. The Labute approximate surface area is 157 Å². The smallest absolute Gasteiger partial charge is 0.412 e. The molecule has 0 radical (unpaired) electrons. The number of ether oxygens (including phenoxy) is 2. The Bertz CT molecular complexity index is 618. The minimum atomic E-state index is -0.380. The number of aryl methyl sites for hydroxylation is 1. The van der Waals surface area contributed by atoms with Crippen LogP contribution in [0.4, 0.5) is 10.5 Å². The normalized spacial score (nSPS) is 25.8. The van der Waals surface area contributed by atoms with Gasteiger partial charge in [-0.15, -0.1) is 0 Å². The van der Waals surface area contributed by atoms with E-state index in [1.807, 2.05) is 25.1 Å². The molecule has 5 nitrogen and oxygen atoms in total. The van der Waals surface area contributed by atoms with Gasteiger partial charge in [0.25, 0.3) is 0 Å². The quantitative estimate of drug-likeness (QED) is 0.834. The summed E-state index contributed by atoms with van der Waals surface area (Å²) in [5.41, 5.74) is 1.73. The standard InChI is InChI=1S/C21H32N2O3/c1-14(2)13-23-16-6-5-7-17(23)12-18(11-16)26-21(24)22-19-10-15(3)8-9-20(19)25-4/h8-10,14,16-18H,5-7,11-13H2,1-4H3,(H,22,24). The van der Waals surface area contributed by atoms with Crippen LogP contribution >= 0.6 is 0 Å². The molecule has 26 heavy (non-hydrogen) atoms. The third kappa shape index (κ3) is 4.50. The van der Waals surface area contributed by atoms with E-state index in [9.17, 15) is 4.79 Å². The molecule has 1 amide bonds. The fraction of sp³-hybridized carbons (Fsp3) is 0.667. The maximum absolute atomic E-state index is 12.4. The van der Waals surface area contributed by atoms with Crippen molar-refractivity contribution >= 4 is 11.8 Å². The number of anilines is 1. The summed E-state index contributed by atoms with van der Waals surface area (Å²) in [6, 6.07) is 6.83. The molecule has 0 saturated carbocycles. The minimum Gasteiger partial charge on any atom is -0.495 e. The van der Waals surface area contributed by atoms with Crippen molar-refractivity contribution in [2.24, 2.45) is 5.92 Å². The number of rotatable bonds is 5. The van der Waals surface area contributed by atoms with Crippen LogP contribution in [-0.2, 0) is 4.74 Å². The molecule has 2 unspecified atom stereocenters. The Kier molecular flexibility index (Phi) is 6.07. The maximum Gasteiger partial charge on any atom is 0.412 e. The van der Waals surface area contributed by atoms with Crippen LogP contribution in [0.25, 0.3) is 0 Å². The molecule has 2 aliphatic rings. The number of benzene rings is 1. The molecule has 2 atom stereocenters. The predicted molar refractivity (Wildman–Crippen MR) is 104 cm³/mol. The minimum absolute atomic E-state index is 0.00418. The SMILES string of the molecule is COc1ccc(C)cc1NC(=O)OC1CC2CCCC(C1)N2CC(C)C. The fourth-order valence-corrected chi connectivity index (χ4v) is 4.45. The van der Waals surface area contributed by atoms with Gasteiger partial charge >= 0.3 is 6.09 Å². The van der Waals surface area contributed by atoms with E-state index in [4.69, 9.17) is 9.47 Å². The van der Waals surface area contributed by atoms with Gasteiger partial charge in [0.1, 0.15) is 11.9 Å². The lowest BCUT2D eigenvalue weighted by Gasteiger charge is -2.49. The van der Waals surface area contributed by atoms with Crippen LogP contribution in [0.2, 0.25) is 0 Å². The van der Waals surface area contributed by atoms with Crippen LogP contribution in [0.15, 0.2) is 18.2 Å². The van der Waals surface area contributed by atoms with Gasteiger partial charge in [0.2, 0.25) is 0 Å². The summed E-state index contributed by atoms with van der Waals surface area (Å²) in [4.78, 5) is 15.1. The molecule has 1 aromatic rings. The van der Waals surface area contributed by atoms with E-state index in [1.54, 1.807) is 7.11 Å². The van der Waals surface area contributed by atoms with Gasteiger partial charge in [0, 0.05) is 31.5 Å². The number of carbonyl (C=O) groups is 1. The lowest BCUT2D eigenvalue weighted by atomic mass is 9.82. The summed E-state index contributed by atoms with van der Waals surface area (Å²) in [6.07, 6.45) is 5.25. The van der Waals surface area contributed by atoms with E-state index in [-0.39, 0.29) is 12.2 Å². The Morgan fingerprint density at radius 3 is 2.58 bits per heavy atom. The number of piperidine rings is 2. The summed E-state index contributed by atoms with van der Waals surface area (Å²) >= 11 is 0. The highest BCUT2D eigenvalue weighted by molar-refractivity contribution is 5.87. The number of carbonyl (C=O) groups excluding carboxylic acids is 1. The van der Waals surface area contributed by atoms with Crippen molar-refractivity contribution in [2.75, 3.05) is 19.0 Å². The third-order valence-electron chi connectivity index (χ3n) is 5.52. The molecule has 1 aromatic carbocycles. The molecule has 2 bridgehead atoms. The second kappa shape index (κ2) is 8.30. The van der Waals surface area contributed by atoms with Gasteiger partial charge in [0.15, 0.2) is 0 Å². The van der Waals surface area contributed by atoms with E-state index >= 15 is 0 Å². The highest BCUT2D eigenvalue weighted by Crippen LogP contribution is 2.36. The predicted octanol–water partition coefficient (Wildman–Crippen LogP) is 4.59. The molecule has 0 spiro atoms. The molecule has 2 aliphatic heterocycles. The average Bonchev–Trinajstić information content (AvgIpc) is 2.55. The third-order valence-corrected chi connectivity index (χ3v) is 5.52. The Balaban J connectivity index is 1.60. The first-order valence-electron chi connectivity index (χ1n) is 9.84. The van der Waals surface area contributed by atoms with Gasteiger partial charge < -0.3 is 9.47 Å². The molecule has 5 heteroatoms. The molecule has 2 saturated heterocycles. The lowest BCUT2D eigenvalue weighted by molar-refractivity contribution is -0.0352. The molecular formula is C21H32N2O3. The molecule has 0 aliphatic carbocycles. The van der Waals surface area contributed by atoms with E-state index < -0.39 is 0 Å². The number of amides is 1. The molecule has 2 heterocycles. The van der Waals surface area contributed by atoms with Gasteiger partial charge in [-0.05, 0) is 43.4 Å². The first kappa shape index (κ1) is 19.0. The Morgan fingerprint density at radius 2 is 1.96 bits per heavy atom. The highest BCUT2D eigenvalue weighted by atomic mass is 16.6. The summed E-state index contributed by atoms with van der Waals surface area (Å²) < 4.78 is 11.1. The van der Waals surface area contributed by atoms with Gasteiger partial charge in [-0.3, -0.25) is 10.2 Å². The van der Waals surface area contributed by atoms with Gasteiger partial charge in [-0.2, -0.15) is 0 Å². The number of fused-ring (bicyclic) bond motifs is 2. The van der Waals surface area contributed by atoms with E-state index in [0.29, 0.717) is 29.4 Å². The zero-order valence-corrected chi connectivity index (χ0v) is 16.5. The van der Waals surface area contributed by atoms with Crippen molar-refractivity contribution in [3.05, 3.63) is 23.8 Å². The number of hydrogen-bond donors (Lipinski definition) is 1. The van der Waals surface area contributed by atoms with E-state index in [1.165, 1.54) is 19.3 Å². The Hall–Kier alpha value is -1.75. The number of hydrogen-bond acceptors (Lipinski definition) is 4. The van der Waals surface area contributed by atoms with Crippen LogP contribution in [0.5, 0.6) is 5.75 Å². The van der Waals surface area contributed by atoms with Crippen molar-refractivity contribution in [3.8, 4) is 5.75 Å². The van der Waals surface area contributed by atoms with Crippen molar-refractivity contribution in [1.29, 1.82) is 0 Å². The monoisotopic (exact) mass is 360 g/mol. The second-order valence-corrected chi connectivity index (χ2v) is 8.16. The number of nitrogens with zero attached hydrogens (tertiary/aromatic N) is 1. The van der Waals surface area contributed by atoms with E-state index in [2.05, 4.69) is 24.1 Å². The average molecular weight is 360 g/mol. The first-order chi connectivity index (χ1) is 12.5. The van der Waals surface area contributed by atoms with Crippen LogP contribution in [0, 0.1) is 12.8 Å². The van der Waals surface area contributed by atoms with Gasteiger partial charge in [0.05, 0.1) is 12.8 Å². The summed E-state index contributed by atoms with van der Waals surface area (Å²) in [6.45, 7) is 7.69. The highest BCUT2D eigenvalue weighted by Gasteiger charge is 2.39. The van der Waals surface area contributed by atoms with Crippen molar-refractivity contribution in [2.45, 2.75) is 71.1 Å². The van der Waals surface area contributed by atoms with E-state index in [0.717, 1.165) is 24.9 Å². The van der Waals surface area contributed by atoms with Crippen molar-refractivity contribution in [3.63, 3.8) is 0 Å². The molecule has 3 rings (SSSR count). The zero-order valence-electron chi connectivity index (χ0n) is 16.5. The summed E-state index contributed by atoms with van der Waals surface area (Å²) in [7, 11) is 1.60. The maximum atomic E-state index is 12.4. The molecule has 144 valence electrons. The Morgan fingerprint density at radius 1 is 1.27 bits per heavy atom. The lowest BCUT2D eigenvalue weighted by Crippen LogP contribution is -2.55. The van der Waals surface area contributed by atoms with Gasteiger partial charge in [-0.25, -0.2) is 4.79 Å². The first-order valence-corrected chi connectivity index (χ1v) is 9.84. The van der Waals surface area contributed by atoms with Crippen molar-refractivity contribution < 1.29 is 14.3 Å². The fourth-order valence-electron chi connectivity index (χ4n) is 4.45. The van der Waals surface area contributed by atoms with Crippen LogP contribution in [0.1, 0.15) is 51.5 Å². The van der Waals surface area contributed by atoms with Gasteiger partial charge in [-0.1, -0.05) is 26.3 Å². The topological polar surface area (TPSA) is 50.8 Å². The van der Waals surface area contributed by atoms with Crippen LogP contribution in [0.3, 0.4) is 0 Å². The molecule has 2 fully saturated rings. The molecular weight excluding hydrogens is 328 g/mol.